The van der Waals surface area contributed by atoms with E-state index in [-0.39, 0.29) is 34.5 Å². The van der Waals surface area contributed by atoms with E-state index < -0.39 is 17.8 Å². The molecule has 0 saturated carbocycles. The molecule has 1 atom stereocenters. The Hall–Kier alpha value is -4.22. The Balaban J connectivity index is 1.79. The quantitative estimate of drug-likeness (QED) is 0.294. The fourth-order valence-corrected chi connectivity index (χ4v) is 3.11. The van der Waals surface area contributed by atoms with Crippen LogP contribution in [0.3, 0.4) is 0 Å². The summed E-state index contributed by atoms with van der Waals surface area (Å²) in [6, 6.07) is 2.70. The number of nitrogens with zero attached hydrogens (tertiary/aromatic N) is 5. The van der Waals surface area contributed by atoms with Gasteiger partial charge in [0.25, 0.3) is 0 Å². The summed E-state index contributed by atoms with van der Waals surface area (Å²) in [6.07, 6.45) is 4.29. The van der Waals surface area contributed by atoms with E-state index in [0.717, 1.165) is 0 Å². The minimum Gasteiger partial charge on any atom is -0.394 e. The van der Waals surface area contributed by atoms with Gasteiger partial charge in [-0.05, 0) is 43.3 Å². The lowest BCUT2D eigenvalue weighted by atomic mass is 9.96. The van der Waals surface area contributed by atoms with Crippen molar-refractivity contribution < 1.29 is 13.7 Å². The SMILES string of the molecule is CN/C=C\C(=N)Nc1ncnc(-c2ccc(C(C)NC(=O)c3nc(C(C)(C)C)no3)c(C)c2F)n1. The highest BCUT2D eigenvalue weighted by atomic mass is 19.1. The van der Waals surface area contributed by atoms with E-state index in [1.165, 1.54) is 18.5 Å². The molecule has 2 heterocycles. The number of anilines is 1. The number of hydrogen-bond donors (Lipinski definition) is 4. The number of carbonyl (C=O) groups excluding carboxylic acids is 1. The van der Waals surface area contributed by atoms with Gasteiger partial charge in [-0.3, -0.25) is 10.2 Å². The summed E-state index contributed by atoms with van der Waals surface area (Å²) in [7, 11) is 1.71. The van der Waals surface area contributed by atoms with Crippen molar-refractivity contribution in [2.24, 2.45) is 0 Å². The zero-order valence-electron chi connectivity index (χ0n) is 20.4. The Morgan fingerprint density at radius 1 is 1.23 bits per heavy atom. The molecular weight excluding hydrogens is 453 g/mol. The lowest BCUT2D eigenvalue weighted by molar-refractivity contribution is 0.0895. The van der Waals surface area contributed by atoms with Crippen molar-refractivity contribution in [2.45, 2.75) is 46.1 Å². The molecule has 3 rings (SSSR count). The molecule has 11 nitrogen and oxygen atoms in total. The van der Waals surface area contributed by atoms with Gasteiger partial charge in [0.15, 0.2) is 11.6 Å². The van der Waals surface area contributed by atoms with Crippen molar-refractivity contribution in [1.29, 1.82) is 5.41 Å². The van der Waals surface area contributed by atoms with Gasteiger partial charge < -0.3 is 20.5 Å². The second-order valence-corrected chi connectivity index (χ2v) is 8.80. The lowest BCUT2D eigenvalue weighted by Crippen LogP contribution is -2.28. The highest BCUT2D eigenvalue weighted by Gasteiger charge is 2.25. The first-order chi connectivity index (χ1) is 16.5. The molecule has 35 heavy (non-hydrogen) atoms. The van der Waals surface area contributed by atoms with Gasteiger partial charge in [0, 0.05) is 12.5 Å². The number of amides is 1. The summed E-state index contributed by atoms with van der Waals surface area (Å²) in [6.45, 7) is 9.07. The molecule has 1 amide bonds. The van der Waals surface area contributed by atoms with E-state index in [4.69, 9.17) is 9.93 Å². The number of hydrogen-bond acceptors (Lipinski definition) is 9. The first-order valence-corrected chi connectivity index (χ1v) is 10.8. The molecular formula is C23H28FN9O2. The average Bonchev–Trinajstić information content (AvgIpc) is 3.31. The fourth-order valence-electron chi connectivity index (χ4n) is 3.11. The number of benzene rings is 1. The van der Waals surface area contributed by atoms with Crippen LogP contribution in [0.5, 0.6) is 0 Å². The zero-order chi connectivity index (χ0) is 25.8. The molecule has 0 aliphatic rings. The van der Waals surface area contributed by atoms with E-state index in [9.17, 15) is 4.79 Å². The van der Waals surface area contributed by atoms with Crippen LogP contribution in [0.15, 0.2) is 35.3 Å². The second kappa shape index (κ2) is 10.4. The fraction of sp³-hybridized carbons (Fsp3) is 0.348. The van der Waals surface area contributed by atoms with Gasteiger partial charge in [-0.1, -0.05) is 32.0 Å². The Morgan fingerprint density at radius 2 is 1.97 bits per heavy atom. The standard InChI is InChI=1S/C23H28FN9O2/c1-12-14(13(2)29-19(34)20-32-21(33-35-20)23(3,4)5)7-8-15(17(12)24)18-27-11-28-22(31-18)30-16(25)9-10-26-6/h7-11,13,26H,1-6H3,(H,29,34)(H2,25,27,28,30,31)/b10-9-. The van der Waals surface area contributed by atoms with Crippen molar-refractivity contribution in [3.63, 3.8) is 0 Å². The highest BCUT2D eigenvalue weighted by molar-refractivity contribution is 6.00. The normalized spacial score (nSPS) is 12.4. The Kier molecular flexibility index (Phi) is 7.52. The van der Waals surface area contributed by atoms with E-state index in [1.54, 1.807) is 33.2 Å². The maximum atomic E-state index is 15.3. The first kappa shape index (κ1) is 25.4. The Bertz CT molecular complexity index is 1260. The maximum Gasteiger partial charge on any atom is 0.315 e. The monoisotopic (exact) mass is 481 g/mol. The van der Waals surface area contributed by atoms with Crippen LogP contribution >= 0.6 is 0 Å². The molecule has 12 heteroatoms. The van der Waals surface area contributed by atoms with E-state index in [2.05, 4.69) is 41.0 Å². The first-order valence-electron chi connectivity index (χ1n) is 10.8. The molecule has 0 saturated heterocycles. The minimum atomic E-state index is -0.549. The molecule has 2 aromatic heterocycles. The number of halogens is 1. The van der Waals surface area contributed by atoms with Gasteiger partial charge in [-0.15, -0.1) is 0 Å². The third-order valence-corrected chi connectivity index (χ3v) is 5.01. The van der Waals surface area contributed by atoms with E-state index in [0.29, 0.717) is 17.0 Å². The molecule has 0 fully saturated rings. The molecule has 4 N–H and O–H groups in total. The number of aromatic nitrogens is 5. The van der Waals surface area contributed by atoms with Gasteiger partial charge in [0.05, 0.1) is 11.6 Å². The van der Waals surface area contributed by atoms with Crippen LogP contribution in [0.2, 0.25) is 0 Å². The number of nitrogens with one attached hydrogen (secondary N) is 4. The summed E-state index contributed by atoms with van der Waals surface area (Å²) in [5, 5.41) is 19.9. The summed E-state index contributed by atoms with van der Waals surface area (Å²) in [5.41, 5.74) is 0.703. The molecule has 0 aliphatic carbocycles. The highest BCUT2D eigenvalue weighted by Crippen LogP contribution is 2.28. The van der Waals surface area contributed by atoms with Crippen LogP contribution in [0, 0.1) is 18.2 Å². The maximum absolute atomic E-state index is 15.3. The third kappa shape index (κ3) is 6.02. The molecule has 1 aromatic carbocycles. The second-order valence-electron chi connectivity index (χ2n) is 8.80. The Labute approximate surface area is 202 Å². The van der Waals surface area contributed by atoms with Gasteiger partial charge in [-0.2, -0.15) is 9.97 Å². The summed E-state index contributed by atoms with van der Waals surface area (Å²) in [5.74, 6) is -0.554. The molecule has 3 aromatic rings. The molecule has 0 spiro atoms. The van der Waals surface area contributed by atoms with E-state index in [1.807, 2.05) is 20.8 Å². The molecule has 0 radical (unpaired) electrons. The lowest BCUT2D eigenvalue weighted by Gasteiger charge is -2.17. The summed E-state index contributed by atoms with van der Waals surface area (Å²) >= 11 is 0. The van der Waals surface area contributed by atoms with Crippen LogP contribution in [-0.2, 0) is 5.41 Å². The molecule has 1 unspecified atom stereocenters. The molecule has 0 aliphatic heterocycles. The van der Waals surface area contributed by atoms with Crippen LogP contribution in [0.4, 0.5) is 10.3 Å². The number of carbonyl (C=O) groups is 1. The van der Waals surface area contributed by atoms with Crippen LogP contribution in [0.25, 0.3) is 11.4 Å². The van der Waals surface area contributed by atoms with Gasteiger partial charge in [0.2, 0.25) is 5.95 Å². The van der Waals surface area contributed by atoms with Crippen LogP contribution in [0.1, 0.15) is 61.4 Å². The number of amidine groups is 1. The van der Waals surface area contributed by atoms with Gasteiger partial charge in [0.1, 0.15) is 18.0 Å². The van der Waals surface area contributed by atoms with Crippen molar-refractivity contribution in [1.82, 2.24) is 35.7 Å². The average molecular weight is 482 g/mol. The van der Waals surface area contributed by atoms with Crippen LogP contribution < -0.4 is 16.0 Å². The summed E-state index contributed by atoms with van der Waals surface area (Å²) in [4.78, 5) is 29.0. The van der Waals surface area contributed by atoms with Crippen molar-refractivity contribution in [2.75, 3.05) is 12.4 Å². The van der Waals surface area contributed by atoms with Crippen molar-refractivity contribution in [3.05, 3.63) is 59.4 Å². The van der Waals surface area contributed by atoms with Crippen LogP contribution in [-0.4, -0.2) is 43.9 Å². The molecule has 184 valence electrons. The third-order valence-electron chi connectivity index (χ3n) is 5.01. The smallest absolute Gasteiger partial charge is 0.315 e. The minimum absolute atomic E-state index is 0.0453. The largest absolute Gasteiger partial charge is 0.394 e. The van der Waals surface area contributed by atoms with E-state index >= 15 is 4.39 Å². The molecule has 0 bridgehead atoms. The van der Waals surface area contributed by atoms with Crippen molar-refractivity contribution >= 4 is 17.7 Å². The topological polar surface area (TPSA) is 155 Å². The Morgan fingerprint density at radius 3 is 2.63 bits per heavy atom. The number of rotatable bonds is 7. The summed E-state index contributed by atoms with van der Waals surface area (Å²) < 4.78 is 20.4. The van der Waals surface area contributed by atoms with Gasteiger partial charge >= 0.3 is 11.8 Å². The predicted octanol–water partition coefficient (Wildman–Crippen LogP) is 3.28. The zero-order valence-corrected chi connectivity index (χ0v) is 20.4. The predicted molar refractivity (Wildman–Crippen MR) is 128 cm³/mol. The van der Waals surface area contributed by atoms with Crippen molar-refractivity contribution in [3.8, 4) is 11.4 Å². The van der Waals surface area contributed by atoms with Gasteiger partial charge in [-0.25, -0.2) is 14.4 Å².